The maximum Gasteiger partial charge on any atom is 0.286 e. The average Bonchev–Trinajstić information content (AvgIpc) is 2.92. The minimum Gasteiger partial charge on any atom is -0.487 e. The van der Waals surface area contributed by atoms with Gasteiger partial charge in [0.15, 0.2) is 5.17 Å². The molecule has 3 rings (SSSR count). The van der Waals surface area contributed by atoms with E-state index < -0.39 is 5.91 Å². The van der Waals surface area contributed by atoms with E-state index in [0.717, 1.165) is 26.3 Å². The van der Waals surface area contributed by atoms with Crippen molar-refractivity contribution in [3.8, 4) is 5.75 Å². The molecule has 1 heterocycles. The van der Waals surface area contributed by atoms with Gasteiger partial charge in [0.2, 0.25) is 5.91 Å². The second-order valence-corrected chi connectivity index (χ2v) is 8.98. The first kappa shape index (κ1) is 21.1. The number of hydrogen-bond acceptors (Lipinski definition) is 4. The van der Waals surface area contributed by atoms with Gasteiger partial charge in [0.05, 0.1) is 9.38 Å². The van der Waals surface area contributed by atoms with Crippen molar-refractivity contribution >= 4 is 78.3 Å². The van der Waals surface area contributed by atoms with Crippen molar-refractivity contribution in [3.05, 3.63) is 66.4 Å². The predicted octanol–water partition coefficient (Wildman–Crippen LogP) is 5.55. The molecule has 5 nitrogen and oxygen atoms in total. The van der Waals surface area contributed by atoms with E-state index in [-0.39, 0.29) is 11.1 Å². The number of ether oxygens (including phenoxy) is 1. The first-order chi connectivity index (χ1) is 13.3. The minimum absolute atomic E-state index is 0.263. The monoisotopic (exact) mass is 542 g/mol. The molecule has 0 saturated heterocycles. The average molecular weight is 545 g/mol. The lowest BCUT2D eigenvalue weighted by atomic mass is 10.1. The van der Waals surface area contributed by atoms with Gasteiger partial charge in [0.1, 0.15) is 12.4 Å². The van der Waals surface area contributed by atoms with E-state index in [4.69, 9.17) is 16.3 Å². The summed E-state index contributed by atoms with van der Waals surface area (Å²) in [7, 11) is 0. The highest BCUT2D eigenvalue weighted by Gasteiger charge is 2.23. The van der Waals surface area contributed by atoms with Crippen LogP contribution in [0.4, 0.5) is 0 Å². The summed E-state index contributed by atoms with van der Waals surface area (Å²) >= 11 is 14.1. The highest BCUT2D eigenvalue weighted by Crippen LogP contribution is 2.37. The molecule has 2 aromatic carbocycles. The van der Waals surface area contributed by atoms with E-state index in [1.165, 1.54) is 6.92 Å². The third kappa shape index (κ3) is 5.47. The summed E-state index contributed by atoms with van der Waals surface area (Å²) < 4.78 is 7.55. The summed E-state index contributed by atoms with van der Waals surface area (Å²) in [4.78, 5) is 27.6. The van der Waals surface area contributed by atoms with E-state index in [1.807, 2.05) is 30.3 Å². The van der Waals surface area contributed by atoms with Crippen LogP contribution in [0.15, 0.2) is 55.2 Å². The van der Waals surface area contributed by atoms with E-state index >= 15 is 0 Å². The molecule has 0 atom stereocenters. The fourth-order valence-electron chi connectivity index (χ4n) is 2.38. The number of hydrogen-bond donors (Lipinski definition) is 1. The van der Waals surface area contributed by atoms with Crippen LogP contribution in [0, 0.1) is 0 Å². The van der Waals surface area contributed by atoms with Crippen LogP contribution < -0.4 is 10.1 Å². The zero-order valence-corrected chi connectivity index (χ0v) is 19.2. The maximum absolute atomic E-state index is 12.2. The summed E-state index contributed by atoms with van der Waals surface area (Å²) in [6.45, 7) is 1.67. The number of aliphatic imine (C=N–C) groups is 1. The molecule has 0 aromatic heterocycles. The predicted molar refractivity (Wildman–Crippen MR) is 119 cm³/mol. The Balaban J connectivity index is 1.87. The Hall–Kier alpha value is -1.61. The quantitative estimate of drug-likeness (QED) is 0.513. The molecule has 0 unspecified atom stereocenters. The molecule has 0 saturated carbocycles. The molecule has 2 amide bonds. The van der Waals surface area contributed by atoms with Crippen LogP contribution in [0.3, 0.4) is 0 Å². The molecule has 144 valence electrons. The highest BCUT2D eigenvalue weighted by molar-refractivity contribution is 9.11. The molecule has 1 N–H and O–H groups in total. The van der Waals surface area contributed by atoms with E-state index in [1.54, 1.807) is 12.1 Å². The van der Waals surface area contributed by atoms with Crippen LogP contribution >= 0.6 is 55.2 Å². The van der Waals surface area contributed by atoms with Crippen LogP contribution in [0.2, 0.25) is 5.02 Å². The maximum atomic E-state index is 12.2. The standard InChI is InChI=1S/C19H13Br2ClN2O3S/c1-10(25)23-19-24-18(26)16(28-19)7-12-6-13(20)8-15(21)17(12)27-9-11-3-2-4-14(22)5-11/h2-8H,9H2,1H3,(H,23,24,25,26)/b16-7+. The van der Waals surface area contributed by atoms with Crippen molar-refractivity contribution in [2.45, 2.75) is 13.5 Å². The summed E-state index contributed by atoms with van der Waals surface area (Å²) in [6, 6.07) is 11.1. The number of rotatable bonds is 4. The number of amidine groups is 1. The first-order valence-electron chi connectivity index (χ1n) is 7.98. The van der Waals surface area contributed by atoms with Crippen LogP contribution in [0.1, 0.15) is 18.1 Å². The van der Waals surface area contributed by atoms with Gasteiger partial charge in [0.25, 0.3) is 5.91 Å². The number of nitrogens with one attached hydrogen (secondary N) is 1. The fourth-order valence-corrected chi connectivity index (χ4v) is 4.81. The van der Waals surface area contributed by atoms with Gasteiger partial charge in [-0.3, -0.25) is 9.59 Å². The zero-order chi connectivity index (χ0) is 20.3. The lowest BCUT2D eigenvalue weighted by Gasteiger charge is -2.13. The van der Waals surface area contributed by atoms with Gasteiger partial charge in [-0.1, -0.05) is 39.7 Å². The van der Waals surface area contributed by atoms with Crippen molar-refractivity contribution in [3.63, 3.8) is 0 Å². The Labute approximate surface area is 187 Å². The van der Waals surface area contributed by atoms with Gasteiger partial charge in [-0.2, -0.15) is 4.99 Å². The molecule has 0 bridgehead atoms. The Kier molecular flexibility index (Phi) is 6.98. The van der Waals surface area contributed by atoms with Crippen LogP contribution in [0.25, 0.3) is 6.08 Å². The van der Waals surface area contributed by atoms with E-state index in [9.17, 15) is 9.59 Å². The molecule has 9 heteroatoms. The highest BCUT2D eigenvalue weighted by atomic mass is 79.9. The molecule has 28 heavy (non-hydrogen) atoms. The van der Waals surface area contributed by atoms with Crippen molar-refractivity contribution in [1.82, 2.24) is 5.32 Å². The van der Waals surface area contributed by atoms with Crippen LogP contribution in [-0.2, 0) is 16.2 Å². The Morgan fingerprint density at radius 1 is 1.32 bits per heavy atom. The van der Waals surface area contributed by atoms with Crippen molar-refractivity contribution < 1.29 is 14.3 Å². The molecule has 1 aliphatic heterocycles. The third-order valence-corrected chi connectivity index (χ3v) is 5.68. The van der Waals surface area contributed by atoms with Gasteiger partial charge in [-0.25, -0.2) is 0 Å². The third-order valence-electron chi connectivity index (χ3n) is 3.50. The molecule has 0 fully saturated rings. The van der Waals surface area contributed by atoms with Crippen LogP contribution in [0.5, 0.6) is 5.75 Å². The number of amides is 2. The second-order valence-electron chi connectivity index (χ2n) is 5.74. The van der Waals surface area contributed by atoms with Crippen molar-refractivity contribution in [2.75, 3.05) is 0 Å². The topological polar surface area (TPSA) is 67.8 Å². The fraction of sp³-hybridized carbons (Fsp3) is 0.105. The van der Waals surface area contributed by atoms with E-state index in [2.05, 4.69) is 42.2 Å². The first-order valence-corrected chi connectivity index (χ1v) is 10.8. The summed E-state index contributed by atoms with van der Waals surface area (Å²) in [5.74, 6) is -0.112. The SMILES string of the molecule is CC(=O)NC1=NC(=O)/C(=C\c2cc(Br)cc(Br)c2OCc2cccc(Cl)c2)S1. The van der Waals surface area contributed by atoms with Crippen molar-refractivity contribution in [2.24, 2.45) is 4.99 Å². The summed E-state index contributed by atoms with van der Waals surface area (Å²) in [5, 5.41) is 3.42. The molecular weight excluding hydrogens is 532 g/mol. The molecular formula is C19H13Br2ClN2O3S. The lowest BCUT2D eigenvalue weighted by Crippen LogP contribution is -2.23. The van der Waals surface area contributed by atoms with Crippen molar-refractivity contribution in [1.29, 1.82) is 0 Å². The number of benzene rings is 2. The van der Waals surface area contributed by atoms with Crippen LogP contribution in [-0.4, -0.2) is 17.0 Å². The molecule has 1 aliphatic rings. The van der Waals surface area contributed by atoms with Gasteiger partial charge in [-0.15, -0.1) is 0 Å². The van der Waals surface area contributed by atoms with E-state index in [0.29, 0.717) is 27.8 Å². The molecule has 0 aliphatic carbocycles. The normalized spacial score (nSPS) is 14.9. The smallest absolute Gasteiger partial charge is 0.286 e. The Morgan fingerprint density at radius 3 is 2.82 bits per heavy atom. The summed E-state index contributed by atoms with van der Waals surface area (Å²) in [6.07, 6.45) is 1.69. The molecule has 0 spiro atoms. The van der Waals surface area contributed by atoms with Gasteiger partial charge >= 0.3 is 0 Å². The lowest BCUT2D eigenvalue weighted by molar-refractivity contribution is -0.117. The summed E-state index contributed by atoms with van der Waals surface area (Å²) in [5.41, 5.74) is 1.61. The zero-order valence-electron chi connectivity index (χ0n) is 14.5. The largest absolute Gasteiger partial charge is 0.487 e. The minimum atomic E-state index is -0.411. The second kappa shape index (κ2) is 9.26. The molecule has 2 aromatic rings. The molecule has 0 radical (unpaired) electrons. The number of thioether (sulfide) groups is 1. The number of halogens is 3. The van der Waals surface area contributed by atoms with Gasteiger partial charge in [0, 0.05) is 22.0 Å². The number of nitrogens with zero attached hydrogens (tertiary/aromatic N) is 1. The van der Waals surface area contributed by atoms with Gasteiger partial charge in [-0.05, 0) is 63.6 Å². The Bertz CT molecular complexity index is 1020. The number of carbonyl (C=O) groups excluding carboxylic acids is 2. The number of carbonyl (C=O) groups is 2. The van der Waals surface area contributed by atoms with Gasteiger partial charge < -0.3 is 10.1 Å². The Morgan fingerprint density at radius 2 is 2.11 bits per heavy atom.